The molecule has 23 heavy (non-hydrogen) atoms. The standard InChI is InChI=1S/C14H21ClN2O5S/c1-21-14-3-2-12(8-13(14)16-10-11(18)9-15)23(19,20)17-4-6-22-7-5-17/h2-3,8,11,16,18H,4-7,9-10H2,1H3. The molecule has 1 aromatic carbocycles. The second-order valence-electron chi connectivity index (χ2n) is 5.07. The van der Waals surface area contributed by atoms with E-state index in [0.29, 0.717) is 37.7 Å². The highest BCUT2D eigenvalue weighted by Gasteiger charge is 2.27. The number of methoxy groups -OCH3 is 1. The van der Waals surface area contributed by atoms with E-state index in [-0.39, 0.29) is 17.3 Å². The second-order valence-corrected chi connectivity index (χ2v) is 7.31. The van der Waals surface area contributed by atoms with Gasteiger partial charge in [-0.25, -0.2) is 8.42 Å². The Hall–Kier alpha value is -1.06. The summed E-state index contributed by atoms with van der Waals surface area (Å²) in [6.45, 7) is 1.65. The van der Waals surface area contributed by atoms with Crippen molar-refractivity contribution >= 4 is 27.3 Å². The number of sulfonamides is 1. The molecule has 0 amide bonds. The van der Waals surface area contributed by atoms with Crippen molar-refractivity contribution in [2.75, 3.05) is 51.2 Å². The molecule has 2 N–H and O–H groups in total. The summed E-state index contributed by atoms with van der Waals surface area (Å²) in [4.78, 5) is 0.170. The van der Waals surface area contributed by atoms with Crippen molar-refractivity contribution in [3.05, 3.63) is 18.2 Å². The molecule has 1 fully saturated rings. The maximum atomic E-state index is 12.7. The molecule has 1 saturated heterocycles. The van der Waals surface area contributed by atoms with Crippen LogP contribution in [0.3, 0.4) is 0 Å². The molecule has 130 valence electrons. The molecule has 1 aromatic rings. The SMILES string of the molecule is COc1ccc(S(=O)(=O)N2CCOCC2)cc1NCC(O)CCl. The van der Waals surface area contributed by atoms with E-state index < -0.39 is 16.1 Å². The Kier molecular flexibility index (Phi) is 6.49. The van der Waals surface area contributed by atoms with Crippen molar-refractivity contribution in [1.29, 1.82) is 0 Å². The number of alkyl halides is 1. The molecule has 1 unspecified atom stereocenters. The quantitative estimate of drug-likeness (QED) is 0.693. The molecule has 1 aliphatic rings. The highest BCUT2D eigenvalue weighted by Crippen LogP contribution is 2.29. The first kappa shape index (κ1) is 18.3. The summed E-state index contributed by atoms with van der Waals surface area (Å²) < 4.78 is 37.1. The van der Waals surface area contributed by atoms with Crippen LogP contribution in [0, 0.1) is 0 Å². The predicted octanol–water partition coefficient (Wildman–Crippen LogP) is 0.728. The minimum atomic E-state index is -3.58. The summed E-state index contributed by atoms with van der Waals surface area (Å²) in [5.74, 6) is 0.578. The third kappa shape index (κ3) is 4.48. The van der Waals surface area contributed by atoms with Crippen LogP contribution in [0.4, 0.5) is 5.69 Å². The normalized spacial score (nSPS) is 17.7. The topological polar surface area (TPSA) is 88.1 Å². The van der Waals surface area contributed by atoms with Crippen LogP contribution in [0.2, 0.25) is 0 Å². The Balaban J connectivity index is 2.25. The Morgan fingerprint density at radius 3 is 2.74 bits per heavy atom. The lowest BCUT2D eigenvalue weighted by Crippen LogP contribution is -2.40. The number of hydrogen-bond donors (Lipinski definition) is 2. The van der Waals surface area contributed by atoms with Gasteiger partial charge in [-0.2, -0.15) is 4.31 Å². The minimum absolute atomic E-state index is 0.0844. The van der Waals surface area contributed by atoms with E-state index in [4.69, 9.17) is 21.1 Å². The summed E-state index contributed by atoms with van der Waals surface area (Å²) in [5, 5.41) is 12.5. The van der Waals surface area contributed by atoms with Crippen LogP contribution < -0.4 is 10.1 Å². The Morgan fingerprint density at radius 2 is 2.13 bits per heavy atom. The molecule has 0 bridgehead atoms. The van der Waals surface area contributed by atoms with E-state index in [1.165, 1.54) is 23.5 Å². The van der Waals surface area contributed by atoms with Crippen molar-refractivity contribution in [3.63, 3.8) is 0 Å². The largest absolute Gasteiger partial charge is 0.495 e. The van der Waals surface area contributed by atoms with E-state index in [9.17, 15) is 13.5 Å². The van der Waals surface area contributed by atoms with Gasteiger partial charge in [0.25, 0.3) is 0 Å². The van der Waals surface area contributed by atoms with Gasteiger partial charge in [0, 0.05) is 19.6 Å². The van der Waals surface area contributed by atoms with Crippen molar-refractivity contribution in [2.24, 2.45) is 0 Å². The van der Waals surface area contributed by atoms with Gasteiger partial charge in [-0.1, -0.05) is 0 Å². The van der Waals surface area contributed by atoms with Gasteiger partial charge in [-0.15, -0.1) is 11.6 Å². The number of hydrogen-bond acceptors (Lipinski definition) is 6. The smallest absolute Gasteiger partial charge is 0.243 e. The summed E-state index contributed by atoms with van der Waals surface area (Å²) in [6.07, 6.45) is -0.735. The Morgan fingerprint density at radius 1 is 1.43 bits per heavy atom. The number of aliphatic hydroxyl groups is 1. The van der Waals surface area contributed by atoms with Gasteiger partial charge in [-0.05, 0) is 18.2 Å². The number of nitrogens with one attached hydrogen (secondary N) is 1. The average Bonchev–Trinajstić information content (AvgIpc) is 2.60. The number of ether oxygens (including phenoxy) is 2. The monoisotopic (exact) mass is 364 g/mol. The maximum absolute atomic E-state index is 12.7. The zero-order valence-corrected chi connectivity index (χ0v) is 14.4. The van der Waals surface area contributed by atoms with E-state index in [1.54, 1.807) is 6.07 Å². The van der Waals surface area contributed by atoms with Crippen molar-refractivity contribution < 1.29 is 23.0 Å². The fraction of sp³-hybridized carbons (Fsp3) is 0.571. The first-order valence-corrected chi connectivity index (χ1v) is 9.20. The number of nitrogens with zero attached hydrogens (tertiary/aromatic N) is 1. The van der Waals surface area contributed by atoms with Crippen LogP contribution in [0.25, 0.3) is 0 Å². The van der Waals surface area contributed by atoms with E-state index in [1.807, 2.05) is 0 Å². The number of halogens is 1. The summed E-state index contributed by atoms with van der Waals surface area (Å²) in [7, 11) is -2.09. The summed E-state index contributed by atoms with van der Waals surface area (Å²) >= 11 is 5.56. The van der Waals surface area contributed by atoms with Gasteiger partial charge in [0.2, 0.25) is 10.0 Å². The zero-order valence-electron chi connectivity index (χ0n) is 12.9. The highest BCUT2D eigenvalue weighted by molar-refractivity contribution is 7.89. The lowest BCUT2D eigenvalue weighted by Gasteiger charge is -2.26. The number of anilines is 1. The molecule has 9 heteroatoms. The van der Waals surface area contributed by atoms with Gasteiger partial charge in [0.05, 0.1) is 42.9 Å². The van der Waals surface area contributed by atoms with Crippen molar-refractivity contribution in [3.8, 4) is 5.75 Å². The lowest BCUT2D eigenvalue weighted by molar-refractivity contribution is 0.0730. The maximum Gasteiger partial charge on any atom is 0.243 e. The van der Waals surface area contributed by atoms with Crippen LogP contribution in [0.5, 0.6) is 5.75 Å². The molecular formula is C14H21ClN2O5S. The average molecular weight is 365 g/mol. The predicted molar refractivity (Wildman–Crippen MR) is 87.8 cm³/mol. The third-order valence-electron chi connectivity index (χ3n) is 3.49. The number of morpholine rings is 1. The van der Waals surface area contributed by atoms with Gasteiger partial charge in [0.15, 0.2) is 0 Å². The van der Waals surface area contributed by atoms with Gasteiger partial charge in [0.1, 0.15) is 5.75 Å². The molecule has 0 spiro atoms. The minimum Gasteiger partial charge on any atom is -0.495 e. The van der Waals surface area contributed by atoms with E-state index in [2.05, 4.69) is 5.32 Å². The zero-order chi connectivity index (χ0) is 16.9. The van der Waals surface area contributed by atoms with E-state index in [0.717, 1.165) is 0 Å². The summed E-state index contributed by atoms with van der Waals surface area (Å²) in [5.41, 5.74) is 0.492. The van der Waals surface area contributed by atoms with Crippen LogP contribution in [0.1, 0.15) is 0 Å². The lowest BCUT2D eigenvalue weighted by atomic mass is 10.2. The molecule has 1 atom stereocenters. The number of aliphatic hydroxyl groups excluding tert-OH is 1. The van der Waals surface area contributed by atoms with Crippen LogP contribution in [-0.4, -0.2) is 69.8 Å². The molecule has 0 aromatic heterocycles. The molecule has 0 aliphatic carbocycles. The van der Waals surface area contributed by atoms with Crippen molar-refractivity contribution in [2.45, 2.75) is 11.0 Å². The molecule has 0 saturated carbocycles. The Labute approximate surface area is 141 Å². The van der Waals surface area contributed by atoms with Gasteiger partial charge in [-0.3, -0.25) is 0 Å². The van der Waals surface area contributed by atoms with E-state index >= 15 is 0 Å². The fourth-order valence-electron chi connectivity index (χ4n) is 2.20. The van der Waals surface area contributed by atoms with Crippen LogP contribution in [0.15, 0.2) is 23.1 Å². The molecule has 2 rings (SSSR count). The van der Waals surface area contributed by atoms with Crippen molar-refractivity contribution in [1.82, 2.24) is 4.31 Å². The first-order valence-electron chi connectivity index (χ1n) is 7.23. The van der Waals surface area contributed by atoms with Gasteiger partial charge < -0.3 is 19.9 Å². The van der Waals surface area contributed by atoms with Crippen LogP contribution >= 0.6 is 11.6 Å². The molecule has 0 radical (unpaired) electrons. The fourth-order valence-corrected chi connectivity index (χ4v) is 3.75. The molecule has 7 nitrogen and oxygen atoms in total. The summed E-state index contributed by atoms with van der Waals surface area (Å²) in [6, 6.07) is 4.60. The third-order valence-corrected chi connectivity index (χ3v) is 5.74. The highest BCUT2D eigenvalue weighted by atomic mass is 35.5. The van der Waals surface area contributed by atoms with Crippen LogP contribution in [-0.2, 0) is 14.8 Å². The second kappa shape index (κ2) is 8.16. The Bertz CT molecular complexity index is 620. The first-order chi connectivity index (χ1) is 11.0. The van der Waals surface area contributed by atoms with Gasteiger partial charge >= 0.3 is 0 Å². The molecule has 1 heterocycles. The number of rotatable bonds is 7. The molecular weight excluding hydrogens is 344 g/mol. The number of benzene rings is 1. The molecule has 1 aliphatic heterocycles.